The first-order valence-electron chi connectivity index (χ1n) is 7.44. The minimum absolute atomic E-state index is 0.213. The number of carbonyl (C=O) groups excluding carboxylic acids is 3. The monoisotopic (exact) mass is 381 g/mol. The lowest BCUT2D eigenvalue weighted by Crippen LogP contribution is -2.38. The second kappa shape index (κ2) is 4.98. The zero-order valence-corrected chi connectivity index (χ0v) is 14.3. The number of hydrogen-bond acceptors (Lipinski definition) is 3. The summed E-state index contributed by atoms with van der Waals surface area (Å²) in [7, 11) is 0. The number of ketones is 2. The highest BCUT2D eigenvalue weighted by molar-refractivity contribution is 9.10. The van der Waals surface area contributed by atoms with Gasteiger partial charge in [0.25, 0.3) is 0 Å². The van der Waals surface area contributed by atoms with Crippen molar-refractivity contribution >= 4 is 39.1 Å². The molecule has 0 fully saturated rings. The van der Waals surface area contributed by atoms with Crippen molar-refractivity contribution in [1.82, 2.24) is 0 Å². The molecule has 1 aliphatic heterocycles. The van der Waals surface area contributed by atoms with Gasteiger partial charge >= 0.3 is 0 Å². The van der Waals surface area contributed by atoms with Crippen LogP contribution in [0.25, 0.3) is 0 Å². The fourth-order valence-corrected chi connectivity index (χ4v) is 3.74. The summed E-state index contributed by atoms with van der Waals surface area (Å²) in [5.41, 5.74) is 1.10. The van der Waals surface area contributed by atoms with Crippen LogP contribution in [0.1, 0.15) is 33.2 Å². The van der Waals surface area contributed by atoms with Gasteiger partial charge in [0.05, 0.1) is 0 Å². The van der Waals surface area contributed by atoms with E-state index in [4.69, 9.17) is 0 Å². The van der Waals surface area contributed by atoms with E-state index in [0.717, 1.165) is 4.47 Å². The number of allylic oxidation sites excluding steroid dienone is 1. The summed E-state index contributed by atoms with van der Waals surface area (Å²) in [5.74, 6) is -0.833. The summed E-state index contributed by atoms with van der Waals surface area (Å²) in [6, 6.07) is 12.1. The van der Waals surface area contributed by atoms with Crippen LogP contribution in [-0.2, 0) is 10.2 Å². The average Bonchev–Trinajstić information content (AvgIpc) is 2.82. The van der Waals surface area contributed by atoms with Crippen molar-refractivity contribution in [2.75, 3.05) is 5.32 Å². The molecule has 0 bridgehead atoms. The molecule has 1 atom stereocenters. The van der Waals surface area contributed by atoms with Crippen LogP contribution < -0.4 is 5.32 Å². The van der Waals surface area contributed by atoms with Crippen molar-refractivity contribution in [3.05, 3.63) is 75.3 Å². The number of Topliss-reactive ketones (excluding diaryl/α,β-unsaturated/α-hetero) is 1. The molecule has 0 saturated carbocycles. The summed E-state index contributed by atoms with van der Waals surface area (Å²) in [5, 5.41) is 2.81. The van der Waals surface area contributed by atoms with E-state index in [2.05, 4.69) is 21.2 Å². The Morgan fingerprint density at radius 2 is 1.71 bits per heavy atom. The number of benzene rings is 2. The van der Waals surface area contributed by atoms with Crippen molar-refractivity contribution in [2.45, 2.75) is 12.3 Å². The summed E-state index contributed by atoms with van der Waals surface area (Å²) < 4.78 is 0.830. The standard InChI is InChI=1S/C19H12BrNO3/c1-19(13-7-6-10(20)8-15(13)21-18(19)24)14-9-16(22)11-4-2-3-5-12(11)17(14)23/h2-9H,1H3,(H,21,24)/t19-/m0/s1. The van der Waals surface area contributed by atoms with E-state index in [-0.39, 0.29) is 23.0 Å². The molecule has 2 aromatic carbocycles. The maximum atomic E-state index is 13.0. The van der Waals surface area contributed by atoms with Gasteiger partial charge in [-0.3, -0.25) is 14.4 Å². The van der Waals surface area contributed by atoms with Gasteiger partial charge in [-0.2, -0.15) is 0 Å². The molecular formula is C19H12BrNO3. The van der Waals surface area contributed by atoms with E-state index in [1.54, 1.807) is 43.3 Å². The molecule has 1 aliphatic carbocycles. The molecule has 0 radical (unpaired) electrons. The van der Waals surface area contributed by atoms with Gasteiger partial charge in [0, 0.05) is 26.9 Å². The number of carbonyl (C=O) groups is 3. The van der Waals surface area contributed by atoms with Crippen molar-refractivity contribution < 1.29 is 14.4 Å². The maximum Gasteiger partial charge on any atom is 0.239 e. The van der Waals surface area contributed by atoms with Crippen LogP contribution >= 0.6 is 15.9 Å². The summed E-state index contributed by atoms with van der Waals surface area (Å²) in [6.07, 6.45) is 1.31. The Labute approximate surface area is 146 Å². The molecule has 1 heterocycles. The van der Waals surface area contributed by atoms with Gasteiger partial charge in [0.1, 0.15) is 5.41 Å². The third kappa shape index (κ3) is 1.88. The van der Waals surface area contributed by atoms with Crippen molar-refractivity contribution in [3.8, 4) is 0 Å². The Balaban J connectivity index is 1.93. The van der Waals surface area contributed by atoms with E-state index >= 15 is 0 Å². The van der Waals surface area contributed by atoms with Crippen LogP contribution in [0.15, 0.2) is 58.6 Å². The summed E-state index contributed by atoms with van der Waals surface area (Å²) in [6.45, 7) is 1.69. The van der Waals surface area contributed by atoms with Crippen LogP contribution in [-0.4, -0.2) is 17.5 Å². The van der Waals surface area contributed by atoms with Gasteiger partial charge in [-0.05, 0) is 30.7 Å². The lowest BCUT2D eigenvalue weighted by Gasteiger charge is -2.27. The molecule has 0 spiro atoms. The second-order valence-electron chi connectivity index (χ2n) is 6.07. The Morgan fingerprint density at radius 1 is 1.00 bits per heavy atom. The Kier molecular flexibility index (Phi) is 3.12. The van der Waals surface area contributed by atoms with Gasteiger partial charge in [0.2, 0.25) is 5.91 Å². The number of hydrogen-bond donors (Lipinski definition) is 1. The Morgan fingerprint density at radius 3 is 2.46 bits per heavy atom. The van der Waals surface area contributed by atoms with Gasteiger partial charge in [-0.15, -0.1) is 0 Å². The van der Waals surface area contributed by atoms with E-state index in [1.807, 2.05) is 6.07 Å². The third-order valence-corrected chi connectivity index (χ3v) is 5.21. The minimum atomic E-state index is -1.18. The molecule has 4 rings (SSSR count). The number of amides is 1. The average molecular weight is 382 g/mol. The normalized spacial score (nSPS) is 21.9. The van der Waals surface area contributed by atoms with Crippen LogP contribution in [0.2, 0.25) is 0 Å². The maximum absolute atomic E-state index is 13.0. The zero-order chi connectivity index (χ0) is 17.1. The molecule has 1 N–H and O–H groups in total. The minimum Gasteiger partial charge on any atom is -0.325 e. The largest absolute Gasteiger partial charge is 0.325 e. The van der Waals surface area contributed by atoms with Gasteiger partial charge in [-0.25, -0.2) is 0 Å². The fourth-order valence-electron chi connectivity index (χ4n) is 3.38. The number of fused-ring (bicyclic) bond motifs is 2. The highest BCUT2D eigenvalue weighted by atomic mass is 79.9. The highest BCUT2D eigenvalue weighted by Crippen LogP contribution is 2.45. The van der Waals surface area contributed by atoms with Crippen molar-refractivity contribution in [3.63, 3.8) is 0 Å². The Bertz CT molecular complexity index is 976. The SMILES string of the molecule is C[C@]1(C2=CC(=O)c3ccccc3C2=O)C(=O)Nc2cc(Br)ccc21. The first-order chi connectivity index (χ1) is 11.4. The number of rotatable bonds is 1. The second-order valence-corrected chi connectivity index (χ2v) is 6.98. The molecule has 5 heteroatoms. The number of halogens is 1. The summed E-state index contributed by atoms with van der Waals surface area (Å²) in [4.78, 5) is 38.1. The summed E-state index contributed by atoms with van der Waals surface area (Å²) >= 11 is 3.37. The Hall–Kier alpha value is -2.53. The van der Waals surface area contributed by atoms with Crippen molar-refractivity contribution in [1.29, 1.82) is 0 Å². The van der Waals surface area contributed by atoms with E-state index in [0.29, 0.717) is 22.4 Å². The molecule has 0 unspecified atom stereocenters. The molecular weight excluding hydrogens is 370 g/mol. The van der Waals surface area contributed by atoms with Gasteiger partial charge in [0.15, 0.2) is 11.6 Å². The molecule has 2 aromatic rings. The van der Waals surface area contributed by atoms with E-state index in [1.165, 1.54) is 6.08 Å². The highest BCUT2D eigenvalue weighted by Gasteiger charge is 2.49. The predicted molar refractivity (Wildman–Crippen MR) is 93.3 cm³/mol. The van der Waals surface area contributed by atoms with Crippen LogP contribution in [0.5, 0.6) is 0 Å². The topological polar surface area (TPSA) is 63.2 Å². The molecule has 2 aliphatic rings. The van der Waals surface area contributed by atoms with Crippen LogP contribution in [0.4, 0.5) is 5.69 Å². The molecule has 4 nitrogen and oxygen atoms in total. The van der Waals surface area contributed by atoms with Crippen LogP contribution in [0, 0.1) is 0 Å². The van der Waals surface area contributed by atoms with Crippen molar-refractivity contribution in [2.24, 2.45) is 0 Å². The molecule has 24 heavy (non-hydrogen) atoms. The molecule has 0 aromatic heterocycles. The number of anilines is 1. The van der Waals surface area contributed by atoms with Gasteiger partial charge in [-0.1, -0.05) is 46.3 Å². The zero-order valence-electron chi connectivity index (χ0n) is 12.7. The molecule has 0 saturated heterocycles. The van der Waals surface area contributed by atoms with Gasteiger partial charge < -0.3 is 5.32 Å². The quantitative estimate of drug-likeness (QED) is 0.819. The lowest BCUT2D eigenvalue weighted by atomic mass is 9.71. The predicted octanol–water partition coefficient (Wildman–Crippen LogP) is 3.66. The molecule has 118 valence electrons. The van der Waals surface area contributed by atoms with Crippen LogP contribution in [0.3, 0.4) is 0 Å². The molecule has 1 amide bonds. The first-order valence-corrected chi connectivity index (χ1v) is 8.24. The third-order valence-electron chi connectivity index (χ3n) is 4.72. The van der Waals surface area contributed by atoms with E-state index in [9.17, 15) is 14.4 Å². The smallest absolute Gasteiger partial charge is 0.239 e. The fraction of sp³-hybridized carbons (Fsp3) is 0.105. The number of nitrogens with one attached hydrogen (secondary N) is 1. The van der Waals surface area contributed by atoms with E-state index < -0.39 is 5.41 Å². The first kappa shape index (κ1) is 15.0. The lowest BCUT2D eigenvalue weighted by molar-refractivity contribution is -0.119.